The van der Waals surface area contributed by atoms with E-state index in [1.165, 1.54) is 5.56 Å². The summed E-state index contributed by atoms with van der Waals surface area (Å²) in [6.07, 6.45) is 0.917. The fraction of sp³-hybridized carbons (Fsp3) is 0.278. The van der Waals surface area contributed by atoms with Crippen molar-refractivity contribution in [2.75, 3.05) is 20.6 Å². The summed E-state index contributed by atoms with van der Waals surface area (Å²) in [5.74, 6) is -0.0153. The number of hydrogen-bond donors (Lipinski definition) is 1. The van der Waals surface area contributed by atoms with E-state index in [1.54, 1.807) is 0 Å². The minimum Gasteiger partial charge on any atom is -0.350 e. The Labute approximate surface area is 145 Å². The first-order valence-electron chi connectivity index (χ1n) is 7.30. The van der Waals surface area contributed by atoms with Gasteiger partial charge in [-0.15, -0.1) is 0 Å². The third-order valence-corrected chi connectivity index (χ3v) is 4.30. The molecule has 1 N–H and O–H groups in total. The number of rotatable bonds is 6. The van der Waals surface area contributed by atoms with Gasteiger partial charge in [-0.2, -0.15) is 0 Å². The van der Waals surface area contributed by atoms with Crippen LogP contribution in [-0.2, 0) is 6.42 Å². The predicted molar refractivity (Wildman–Crippen MR) is 99.1 cm³/mol. The second kappa shape index (κ2) is 8.29. The van der Waals surface area contributed by atoms with Crippen molar-refractivity contribution in [3.8, 4) is 0 Å². The zero-order chi connectivity index (χ0) is 15.9. The van der Waals surface area contributed by atoms with E-state index in [4.69, 9.17) is 0 Å². The van der Waals surface area contributed by atoms with Crippen molar-refractivity contribution in [2.24, 2.45) is 0 Å². The predicted octanol–water partition coefficient (Wildman–Crippen LogP) is 3.19. The van der Waals surface area contributed by atoms with Crippen LogP contribution in [0.1, 0.15) is 15.9 Å². The molecule has 0 unspecified atom stereocenters. The number of halogens is 1. The van der Waals surface area contributed by atoms with Gasteiger partial charge in [-0.1, -0.05) is 36.4 Å². The zero-order valence-corrected chi connectivity index (χ0v) is 15.1. The smallest absolute Gasteiger partial charge is 0.251 e. The quantitative estimate of drug-likeness (QED) is 0.745. The molecule has 0 saturated heterocycles. The SMILES string of the molecule is CN(C)[C@@H](CNC(=O)c1cccc(I)c1)Cc1ccccc1. The standard InChI is InChI=1S/C18H21IN2O/c1-21(2)17(11-14-7-4-3-5-8-14)13-20-18(22)15-9-6-10-16(19)12-15/h3-10,12,17H,11,13H2,1-2H3,(H,20,22)/t17-/m1/s1. The van der Waals surface area contributed by atoms with E-state index in [9.17, 15) is 4.79 Å². The van der Waals surface area contributed by atoms with Gasteiger partial charge in [0.25, 0.3) is 5.91 Å². The van der Waals surface area contributed by atoms with Gasteiger partial charge in [-0.05, 0) is 66.9 Å². The first-order valence-corrected chi connectivity index (χ1v) is 8.38. The van der Waals surface area contributed by atoms with Crippen LogP contribution in [-0.4, -0.2) is 37.5 Å². The molecular formula is C18H21IN2O. The highest BCUT2D eigenvalue weighted by Crippen LogP contribution is 2.09. The van der Waals surface area contributed by atoms with Crippen LogP contribution in [0, 0.1) is 3.57 Å². The van der Waals surface area contributed by atoms with Crippen LogP contribution in [0.3, 0.4) is 0 Å². The van der Waals surface area contributed by atoms with E-state index in [1.807, 2.05) is 56.6 Å². The van der Waals surface area contributed by atoms with Gasteiger partial charge in [0.05, 0.1) is 0 Å². The number of amides is 1. The number of nitrogens with one attached hydrogen (secondary N) is 1. The lowest BCUT2D eigenvalue weighted by Crippen LogP contribution is -2.41. The molecule has 22 heavy (non-hydrogen) atoms. The van der Waals surface area contributed by atoms with Crippen LogP contribution in [0.2, 0.25) is 0 Å². The van der Waals surface area contributed by atoms with Gasteiger partial charge in [0.2, 0.25) is 0 Å². The number of likely N-dealkylation sites (N-methyl/N-ethyl adjacent to an activating group) is 1. The first kappa shape index (κ1) is 17.0. The molecule has 2 aromatic carbocycles. The monoisotopic (exact) mass is 408 g/mol. The molecule has 0 bridgehead atoms. The Morgan fingerprint density at radius 3 is 2.50 bits per heavy atom. The lowest BCUT2D eigenvalue weighted by atomic mass is 10.1. The Morgan fingerprint density at radius 1 is 1.14 bits per heavy atom. The van der Waals surface area contributed by atoms with Gasteiger partial charge in [0.15, 0.2) is 0 Å². The van der Waals surface area contributed by atoms with Gasteiger partial charge in [0.1, 0.15) is 0 Å². The van der Waals surface area contributed by atoms with Crippen molar-refractivity contribution in [2.45, 2.75) is 12.5 Å². The first-order chi connectivity index (χ1) is 10.6. The summed E-state index contributed by atoms with van der Waals surface area (Å²) in [6.45, 7) is 0.631. The number of carbonyl (C=O) groups is 1. The summed E-state index contributed by atoms with van der Waals surface area (Å²) in [4.78, 5) is 14.4. The van der Waals surface area contributed by atoms with Crippen LogP contribution in [0.25, 0.3) is 0 Å². The third kappa shape index (κ3) is 5.10. The molecule has 4 heteroatoms. The molecule has 0 aliphatic heterocycles. The summed E-state index contributed by atoms with van der Waals surface area (Å²) >= 11 is 2.22. The largest absolute Gasteiger partial charge is 0.350 e. The number of benzene rings is 2. The number of hydrogen-bond acceptors (Lipinski definition) is 2. The van der Waals surface area contributed by atoms with Crippen molar-refractivity contribution >= 4 is 28.5 Å². The Kier molecular flexibility index (Phi) is 6.39. The highest BCUT2D eigenvalue weighted by Gasteiger charge is 2.14. The van der Waals surface area contributed by atoms with Crippen molar-refractivity contribution in [3.05, 3.63) is 69.3 Å². The minimum absolute atomic E-state index is 0.0153. The number of nitrogens with zero attached hydrogens (tertiary/aromatic N) is 1. The lowest BCUT2D eigenvalue weighted by molar-refractivity contribution is 0.0941. The molecule has 0 fully saturated rings. The second-order valence-corrected chi connectivity index (χ2v) is 6.77. The van der Waals surface area contributed by atoms with Crippen LogP contribution in [0.5, 0.6) is 0 Å². The molecule has 1 amide bonds. The van der Waals surface area contributed by atoms with E-state index in [0.29, 0.717) is 12.1 Å². The van der Waals surface area contributed by atoms with E-state index in [0.717, 1.165) is 9.99 Å². The van der Waals surface area contributed by atoms with Gasteiger partial charge in [0, 0.05) is 21.7 Å². The Balaban J connectivity index is 1.96. The van der Waals surface area contributed by atoms with Gasteiger partial charge >= 0.3 is 0 Å². The third-order valence-electron chi connectivity index (χ3n) is 3.63. The molecule has 0 spiro atoms. The Hall–Kier alpha value is -1.40. The average Bonchev–Trinajstić information content (AvgIpc) is 2.51. The normalized spacial score (nSPS) is 12.2. The summed E-state index contributed by atoms with van der Waals surface area (Å²) in [5, 5.41) is 3.04. The summed E-state index contributed by atoms with van der Waals surface area (Å²) in [6, 6.07) is 18.3. The average molecular weight is 408 g/mol. The zero-order valence-electron chi connectivity index (χ0n) is 12.9. The number of carbonyl (C=O) groups excluding carboxylic acids is 1. The van der Waals surface area contributed by atoms with Gasteiger partial charge in [-0.25, -0.2) is 0 Å². The van der Waals surface area contributed by atoms with Crippen molar-refractivity contribution < 1.29 is 4.79 Å². The topological polar surface area (TPSA) is 32.3 Å². The van der Waals surface area contributed by atoms with Crippen molar-refractivity contribution in [3.63, 3.8) is 0 Å². The molecule has 116 valence electrons. The summed E-state index contributed by atoms with van der Waals surface area (Å²) in [5.41, 5.74) is 1.99. The van der Waals surface area contributed by atoms with E-state index in [2.05, 4.69) is 44.9 Å². The van der Waals surface area contributed by atoms with Gasteiger partial charge < -0.3 is 10.2 Å². The van der Waals surface area contributed by atoms with Crippen molar-refractivity contribution in [1.82, 2.24) is 10.2 Å². The molecule has 3 nitrogen and oxygen atoms in total. The highest BCUT2D eigenvalue weighted by molar-refractivity contribution is 14.1. The van der Waals surface area contributed by atoms with Crippen molar-refractivity contribution in [1.29, 1.82) is 0 Å². The molecule has 0 saturated carbocycles. The highest BCUT2D eigenvalue weighted by atomic mass is 127. The minimum atomic E-state index is -0.0153. The van der Waals surface area contributed by atoms with Gasteiger partial charge in [-0.3, -0.25) is 4.79 Å². The molecule has 0 aromatic heterocycles. The molecule has 2 aromatic rings. The van der Waals surface area contributed by atoms with Crippen LogP contribution >= 0.6 is 22.6 Å². The van der Waals surface area contributed by atoms with E-state index < -0.39 is 0 Å². The molecular weight excluding hydrogens is 387 g/mol. The molecule has 0 aliphatic rings. The maximum atomic E-state index is 12.2. The maximum Gasteiger partial charge on any atom is 0.251 e. The second-order valence-electron chi connectivity index (χ2n) is 5.53. The van der Waals surface area contributed by atoms with E-state index in [-0.39, 0.29) is 11.9 Å². The molecule has 0 aliphatic carbocycles. The molecule has 1 atom stereocenters. The van der Waals surface area contributed by atoms with Crippen LogP contribution in [0.15, 0.2) is 54.6 Å². The molecule has 0 heterocycles. The summed E-state index contributed by atoms with van der Waals surface area (Å²) < 4.78 is 1.07. The Morgan fingerprint density at radius 2 is 1.86 bits per heavy atom. The van der Waals surface area contributed by atoms with E-state index >= 15 is 0 Å². The molecule has 2 rings (SSSR count). The van der Waals surface area contributed by atoms with Crippen LogP contribution < -0.4 is 5.32 Å². The fourth-order valence-corrected chi connectivity index (χ4v) is 2.81. The lowest BCUT2D eigenvalue weighted by Gasteiger charge is -2.24. The Bertz CT molecular complexity index is 613. The maximum absolute atomic E-state index is 12.2. The fourth-order valence-electron chi connectivity index (χ4n) is 2.27. The molecule has 0 radical (unpaired) electrons. The van der Waals surface area contributed by atoms with Crippen LogP contribution in [0.4, 0.5) is 0 Å². The summed E-state index contributed by atoms with van der Waals surface area (Å²) in [7, 11) is 4.09.